The Morgan fingerprint density at radius 1 is 1.00 bits per heavy atom. The Kier molecular flexibility index (Phi) is 4.83. The molecule has 2 unspecified atom stereocenters. The first-order valence-corrected chi connectivity index (χ1v) is 10.2. The molecule has 1 N–H and O–H groups in total. The molecule has 0 aliphatic carbocycles. The predicted octanol–water partition coefficient (Wildman–Crippen LogP) is 1.72. The van der Waals surface area contributed by atoms with Crippen LogP contribution in [-0.2, 0) is 14.2 Å². The van der Waals surface area contributed by atoms with E-state index in [1.54, 1.807) is 11.3 Å². The Labute approximate surface area is 162 Å². The third-order valence-electron chi connectivity index (χ3n) is 5.02. The second-order valence-corrected chi connectivity index (χ2v) is 7.63. The zero-order valence-corrected chi connectivity index (χ0v) is 15.9. The van der Waals surface area contributed by atoms with Gasteiger partial charge in [0.1, 0.15) is 11.9 Å². The number of aromatic nitrogens is 2. The van der Waals surface area contributed by atoms with Crippen LogP contribution < -0.4 is 15.1 Å². The molecule has 144 valence electrons. The van der Waals surface area contributed by atoms with Gasteiger partial charge >= 0.3 is 0 Å². The Morgan fingerprint density at radius 3 is 2.44 bits per heavy atom. The van der Waals surface area contributed by atoms with Gasteiger partial charge in [-0.2, -0.15) is 0 Å². The van der Waals surface area contributed by atoms with E-state index in [9.17, 15) is 0 Å². The first-order chi connectivity index (χ1) is 13.4. The van der Waals surface area contributed by atoms with Crippen LogP contribution in [0, 0.1) is 0 Å². The molecule has 9 heteroatoms. The van der Waals surface area contributed by atoms with Crippen LogP contribution in [-0.4, -0.2) is 68.8 Å². The van der Waals surface area contributed by atoms with Crippen molar-refractivity contribution in [1.29, 1.82) is 0 Å². The largest absolute Gasteiger partial charge is 0.378 e. The maximum atomic E-state index is 5.77. The van der Waals surface area contributed by atoms with E-state index in [1.807, 2.05) is 6.20 Å². The molecule has 5 heterocycles. The normalized spacial score (nSPS) is 25.5. The first kappa shape index (κ1) is 17.2. The lowest BCUT2D eigenvalue weighted by atomic mass is 10.2. The molecule has 2 aromatic heterocycles. The van der Waals surface area contributed by atoms with Crippen molar-refractivity contribution in [2.45, 2.75) is 12.3 Å². The van der Waals surface area contributed by atoms with Crippen LogP contribution >= 0.6 is 11.3 Å². The minimum absolute atomic E-state index is 0.0144. The van der Waals surface area contributed by atoms with Crippen molar-refractivity contribution >= 4 is 28.0 Å². The van der Waals surface area contributed by atoms with Crippen molar-refractivity contribution in [2.24, 2.45) is 0 Å². The number of ether oxygens (including phenoxy) is 3. The lowest BCUT2D eigenvalue weighted by molar-refractivity contribution is 0.122. The summed E-state index contributed by atoms with van der Waals surface area (Å²) in [6.07, 6.45) is 1.86. The third-order valence-corrected chi connectivity index (χ3v) is 5.78. The number of hydrogen-bond donors (Lipinski definition) is 1. The Hall–Kier alpha value is -1.94. The van der Waals surface area contributed by atoms with Crippen LogP contribution in [0.15, 0.2) is 23.7 Å². The molecule has 27 heavy (non-hydrogen) atoms. The fourth-order valence-corrected chi connectivity index (χ4v) is 4.16. The summed E-state index contributed by atoms with van der Waals surface area (Å²) < 4.78 is 16.6. The van der Waals surface area contributed by atoms with Gasteiger partial charge in [-0.3, -0.25) is 4.98 Å². The van der Waals surface area contributed by atoms with Crippen molar-refractivity contribution in [2.75, 3.05) is 67.7 Å². The van der Waals surface area contributed by atoms with Gasteiger partial charge in [-0.1, -0.05) is 0 Å². The fraction of sp³-hybridized carbons (Fsp3) is 0.556. The van der Waals surface area contributed by atoms with Gasteiger partial charge in [0.25, 0.3) is 0 Å². The van der Waals surface area contributed by atoms with E-state index >= 15 is 0 Å². The van der Waals surface area contributed by atoms with E-state index in [1.165, 1.54) is 0 Å². The van der Waals surface area contributed by atoms with Gasteiger partial charge in [-0.05, 0) is 12.1 Å². The summed E-state index contributed by atoms with van der Waals surface area (Å²) in [4.78, 5) is 13.8. The molecule has 5 rings (SSSR count). The molecule has 0 aromatic carbocycles. The number of pyridine rings is 1. The standard InChI is InChI=1S/C18H23N5O3S/c1-2-14(19-11-13(1)22-3-7-24-8-4-22)16-17(26-16)21-18-20-15(12-27-18)23-5-9-25-10-6-23/h1-2,11-12,16-17H,3-10H2,(H,20,21). The summed E-state index contributed by atoms with van der Waals surface area (Å²) in [7, 11) is 0. The van der Waals surface area contributed by atoms with Crippen molar-refractivity contribution in [3.8, 4) is 0 Å². The molecule has 8 nitrogen and oxygen atoms in total. The number of nitrogens with zero attached hydrogens (tertiary/aromatic N) is 4. The molecule has 2 atom stereocenters. The lowest BCUT2D eigenvalue weighted by Crippen LogP contribution is -2.36. The molecule has 3 fully saturated rings. The van der Waals surface area contributed by atoms with Crippen molar-refractivity contribution in [3.05, 3.63) is 29.4 Å². The van der Waals surface area contributed by atoms with E-state index in [0.29, 0.717) is 0 Å². The SMILES string of the molecule is c1cc(C2OC2Nc2nc(N3CCOCC3)cs2)ncc1N1CCOCC1. The van der Waals surface area contributed by atoms with E-state index in [0.717, 1.165) is 74.9 Å². The van der Waals surface area contributed by atoms with Gasteiger partial charge < -0.3 is 29.3 Å². The van der Waals surface area contributed by atoms with E-state index in [-0.39, 0.29) is 12.3 Å². The summed E-state index contributed by atoms with van der Waals surface area (Å²) in [5, 5.41) is 6.33. The van der Waals surface area contributed by atoms with Crippen molar-refractivity contribution < 1.29 is 14.2 Å². The Balaban J connectivity index is 1.17. The van der Waals surface area contributed by atoms with Gasteiger partial charge in [0, 0.05) is 31.6 Å². The average Bonchev–Trinajstić information content (AvgIpc) is 3.35. The van der Waals surface area contributed by atoms with Gasteiger partial charge in [0.2, 0.25) is 0 Å². The van der Waals surface area contributed by atoms with Gasteiger partial charge in [-0.25, -0.2) is 4.98 Å². The van der Waals surface area contributed by atoms with E-state index < -0.39 is 0 Å². The topological polar surface area (TPSA) is 75.3 Å². The summed E-state index contributed by atoms with van der Waals surface area (Å²) >= 11 is 1.61. The monoisotopic (exact) mass is 389 g/mol. The smallest absolute Gasteiger partial charge is 0.186 e. The van der Waals surface area contributed by atoms with Crippen LogP contribution in [0.5, 0.6) is 0 Å². The van der Waals surface area contributed by atoms with Crippen molar-refractivity contribution in [3.63, 3.8) is 0 Å². The molecule has 0 spiro atoms. The van der Waals surface area contributed by atoms with Crippen molar-refractivity contribution in [1.82, 2.24) is 9.97 Å². The van der Waals surface area contributed by atoms with Crippen LogP contribution in [0.25, 0.3) is 0 Å². The van der Waals surface area contributed by atoms with E-state index in [2.05, 4.69) is 42.6 Å². The number of nitrogens with one attached hydrogen (secondary N) is 1. The lowest BCUT2D eigenvalue weighted by Gasteiger charge is -2.28. The number of anilines is 3. The molecule has 0 radical (unpaired) electrons. The molecular weight excluding hydrogens is 366 g/mol. The van der Waals surface area contributed by atoms with Gasteiger partial charge in [0.05, 0.1) is 44.0 Å². The molecule has 0 amide bonds. The maximum absolute atomic E-state index is 5.77. The number of hydrogen-bond acceptors (Lipinski definition) is 9. The van der Waals surface area contributed by atoms with Crippen LogP contribution in [0.1, 0.15) is 11.8 Å². The quantitative estimate of drug-likeness (QED) is 0.775. The minimum Gasteiger partial charge on any atom is -0.378 e. The summed E-state index contributed by atoms with van der Waals surface area (Å²) in [6.45, 7) is 6.71. The van der Waals surface area contributed by atoms with Gasteiger partial charge in [0.15, 0.2) is 11.4 Å². The predicted molar refractivity (Wildman–Crippen MR) is 104 cm³/mol. The highest BCUT2D eigenvalue weighted by Crippen LogP contribution is 2.39. The highest BCUT2D eigenvalue weighted by atomic mass is 32.1. The number of epoxide rings is 1. The molecule has 0 saturated carbocycles. The number of morpholine rings is 2. The third kappa shape index (κ3) is 3.86. The van der Waals surface area contributed by atoms with Gasteiger partial charge in [-0.15, -0.1) is 11.3 Å². The second-order valence-electron chi connectivity index (χ2n) is 6.77. The molecule has 3 aliphatic rings. The second kappa shape index (κ2) is 7.59. The molecule has 3 saturated heterocycles. The highest BCUT2D eigenvalue weighted by molar-refractivity contribution is 7.14. The maximum Gasteiger partial charge on any atom is 0.186 e. The summed E-state index contributed by atoms with van der Waals surface area (Å²) in [5.74, 6) is 1.01. The zero-order chi connectivity index (χ0) is 18.1. The van der Waals surface area contributed by atoms with Crippen LogP contribution in [0.3, 0.4) is 0 Å². The fourth-order valence-electron chi connectivity index (χ4n) is 3.41. The first-order valence-electron chi connectivity index (χ1n) is 9.36. The highest BCUT2D eigenvalue weighted by Gasteiger charge is 2.42. The molecule has 2 aromatic rings. The summed E-state index contributed by atoms with van der Waals surface area (Å²) in [6, 6.07) is 4.17. The molecule has 3 aliphatic heterocycles. The average molecular weight is 389 g/mol. The van der Waals surface area contributed by atoms with Crippen LogP contribution in [0.2, 0.25) is 0 Å². The molecule has 0 bridgehead atoms. The Morgan fingerprint density at radius 2 is 1.74 bits per heavy atom. The molecular formula is C18H23N5O3S. The zero-order valence-electron chi connectivity index (χ0n) is 15.0. The Bertz CT molecular complexity index is 759. The summed E-state index contributed by atoms with van der Waals surface area (Å²) in [5.41, 5.74) is 2.09. The minimum atomic E-state index is -0.0598. The van der Waals surface area contributed by atoms with E-state index in [4.69, 9.17) is 14.2 Å². The number of rotatable bonds is 5. The number of thiazole rings is 1. The van der Waals surface area contributed by atoms with Crippen LogP contribution in [0.4, 0.5) is 16.6 Å².